The van der Waals surface area contributed by atoms with Gasteiger partial charge in [-0.3, -0.25) is 14.4 Å². The molecule has 0 saturated heterocycles. The Hall–Kier alpha value is -5.38. The largest absolute Gasteiger partial charge is 0.481 e. The predicted octanol–water partition coefficient (Wildman–Crippen LogP) is 2.38. The Kier molecular flexibility index (Phi) is 13.4. The lowest BCUT2D eigenvalue weighted by Gasteiger charge is -2.21. The fraction of sp³-hybridized carbons (Fsp3) is 0.382. The molecule has 8 N–H and O–H groups in total. The lowest BCUT2D eigenvalue weighted by atomic mass is 9.92. The van der Waals surface area contributed by atoms with Crippen LogP contribution in [0.2, 0.25) is 0 Å². The Labute approximate surface area is 293 Å². The summed E-state index contributed by atoms with van der Waals surface area (Å²) in [4.78, 5) is 72.1. The number of nitrogens with zero attached hydrogens (tertiary/aromatic N) is 2. The number of carbonyl (C=O) groups is 5. The molecule has 266 valence electrons. The molecule has 2 amide bonds. The summed E-state index contributed by atoms with van der Waals surface area (Å²) in [5, 5.41) is 18.1. The fourth-order valence-electron chi connectivity index (χ4n) is 5.62. The van der Waals surface area contributed by atoms with Crippen molar-refractivity contribution in [3.8, 4) is 0 Å². The zero-order chi connectivity index (χ0) is 36.2. The van der Waals surface area contributed by atoms with E-state index in [-0.39, 0.29) is 37.5 Å². The van der Waals surface area contributed by atoms with Crippen molar-refractivity contribution in [1.29, 1.82) is 0 Å². The van der Waals surface area contributed by atoms with E-state index < -0.39 is 47.7 Å². The van der Waals surface area contributed by atoms with Crippen LogP contribution >= 0.6 is 11.8 Å². The minimum absolute atomic E-state index is 0.128. The zero-order valence-corrected chi connectivity index (χ0v) is 28.5. The highest BCUT2D eigenvalue weighted by atomic mass is 32.2. The van der Waals surface area contributed by atoms with Gasteiger partial charge in [0.1, 0.15) is 23.7 Å². The normalized spacial score (nSPS) is 15.0. The van der Waals surface area contributed by atoms with Gasteiger partial charge in [0, 0.05) is 34.9 Å². The molecule has 4 rings (SSSR count). The number of nitrogens with two attached hydrogens (primary N) is 2. The van der Waals surface area contributed by atoms with Crippen molar-refractivity contribution in [3.05, 3.63) is 71.3 Å². The first-order valence-corrected chi connectivity index (χ1v) is 16.9. The quantitative estimate of drug-likeness (QED) is 0.0873. The highest BCUT2D eigenvalue weighted by Crippen LogP contribution is 2.37. The lowest BCUT2D eigenvalue weighted by Crippen LogP contribution is -2.45. The molecular weight excluding hydrogens is 666 g/mol. The molecule has 2 heterocycles. The first-order valence-electron chi connectivity index (χ1n) is 15.9. The van der Waals surface area contributed by atoms with Crippen LogP contribution < -0.4 is 27.4 Å². The number of aromatic nitrogens is 2. The number of hydrogen-bond acceptors (Lipinski definition) is 13. The average Bonchev–Trinajstić information content (AvgIpc) is 3.52. The van der Waals surface area contributed by atoms with E-state index in [0.29, 0.717) is 23.7 Å². The van der Waals surface area contributed by atoms with Crippen molar-refractivity contribution in [2.24, 2.45) is 5.92 Å². The summed E-state index contributed by atoms with van der Waals surface area (Å²) in [5.74, 6) is -2.75. The molecule has 3 aromatic rings. The summed E-state index contributed by atoms with van der Waals surface area (Å²) < 4.78 is 9.65. The number of nitrogens with one attached hydrogen (secondary N) is 3. The number of amides is 2. The van der Waals surface area contributed by atoms with Crippen molar-refractivity contribution in [2.75, 3.05) is 43.3 Å². The monoisotopic (exact) mass is 707 g/mol. The molecule has 2 aromatic carbocycles. The van der Waals surface area contributed by atoms with Crippen molar-refractivity contribution in [3.63, 3.8) is 0 Å². The van der Waals surface area contributed by atoms with Crippen LogP contribution in [-0.2, 0) is 35.1 Å². The Morgan fingerprint density at radius 2 is 1.64 bits per heavy atom. The summed E-state index contributed by atoms with van der Waals surface area (Å²) in [5.41, 5.74) is 13.7. The van der Waals surface area contributed by atoms with Crippen molar-refractivity contribution in [1.82, 2.24) is 20.6 Å². The van der Waals surface area contributed by atoms with Crippen LogP contribution in [0.3, 0.4) is 0 Å². The number of aliphatic carboxylic acids is 1. The molecule has 1 aliphatic rings. The molecule has 0 spiro atoms. The van der Waals surface area contributed by atoms with Crippen LogP contribution in [0.5, 0.6) is 0 Å². The van der Waals surface area contributed by atoms with Crippen LogP contribution in [0.25, 0.3) is 0 Å². The van der Waals surface area contributed by atoms with Crippen LogP contribution in [0.4, 0.5) is 17.6 Å². The average molecular weight is 708 g/mol. The molecule has 0 fully saturated rings. The Bertz CT molecular complexity index is 1680. The highest BCUT2D eigenvalue weighted by molar-refractivity contribution is 7.99. The summed E-state index contributed by atoms with van der Waals surface area (Å²) >= 11 is 1.61. The fourth-order valence-corrected chi connectivity index (χ4v) is 6.58. The molecule has 1 aromatic heterocycles. The van der Waals surface area contributed by atoms with Gasteiger partial charge in [-0.25, -0.2) is 9.59 Å². The van der Waals surface area contributed by atoms with Crippen LogP contribution in [-0.4, -0.2) is 83.4 Å². The second kappa shape index (κ2) is 17.9. The number of carboxylic acid groups (broad SMARTS) is 1. The van der Waals surface area contributed by atoms with Crippen LogP contribution in [0, 0.1) is 5.92 Å². The minimum atomic E-state index is -1.24. The molecule has 15 nitrogen and oxygen atoms in total. The number of hydrogen-bond donors (Lipinski definition) is 6. The van der Waals surface area contributed by atoms with E-state index in [1.807, 2.05) is 0 Å². The second-order valence-electron chi connectivity index (χ2n) is 11.7. The Balaban J connectivity index is 1.29. The molecule has 0 bridgehead atoms. The van der Waals surface area contributed by atoms with Gasteiger partial charge in [0.25, 0.3) is 5.91 Å². The van der Waals surface area contributed by atoms with Gasteiger partial charge in [-0.05, 0) is 61.3 Å². The van der Waals surface area contributed by atoms with E-state index in [1.165, 1.54) is 0 Å². The molecule has 0 aliphatic carbocycles. The van der Waals surface area contributed by atoms with E-state index in [0.717, 1.165) is 42.4 Å². The number of carboxylic acids is 1. The van der Waals surface area contributed by atoms with Gasteiger partial charge in [0.15, 0.2) is 0 Å². The predicted molar refractivity (Wildman–Crippen MR) is 186 cm³/mol. The van der Waals surface area contributed by atoms with Crippen molar-refractivity contribution >= 4 is 59.1 Å². The van der Waals surface area contributed by atoms with Gasteiger partial charge in [0.2, 0.25) is 11.9 Å². The number of rotatable bonds is 17. The van der Waals surface area contributed by atoms with E-state index in [9.17, 15) is 29.1 Å². The second-order valence-corrected chi connectivity index (χ2v) is 12.8. The number of carbonyl (C=O) groups excluding carboxylic acids is 4. The van der Waals surface area contributed by atoms with E-state index >= 15 is 0 Å². The van der Waals surface area contributed by atoms with Gasteiger partial charge in [0.05, 0.1) is 20.1 Å². The third kappa shape index (κ3) is 10.3. The van der Waals surface area contributed by atoms with E-state index in [4.69, 9.17) is 20.9 Å². The highest BCUT2D eigenvalue weighted by Gasteiger charge is 2.31. The lowest BCUT2D eigenvalue weighted by molar-refractivity contribution is -0.148. The molecule has 4 atom stereocenters. The molecule has 0 saturated carbocycles. The SMILES string of the molecule is COC(=O)[C@H](CC(Cc1ccccc1)C(=O)O)NC(=O)CC[C@H](NC(=O)c1ccc(SCCC2CNc3nc(N)nc(N)c32)cc1)C(=O)OC. The van der Waals surface area contributed by atoms with Gasteiger partial charge < -0.3 is 42.0 Å². The third-order valence-electron chi connectivity index (χ3n) is 8.23. The van der Waals surface area contributed by atoms with E-state index in [1.54, 1.807) is 66.4 Å². The van der Waals surface area contributed by atoms with Crippen molar-refractivity contribution in [2.45, 2.75) is 55.0 Å². The van der Waals surface area contributed by atoms with Gasteiger partial charge in [-0.15, -0.1) is 11.8 Å². The number of methoxy groups -OCH3 is 2. The zero-order valence-electron chi connectivity index (χ0n) is 27.7. The maximum absolute atomic E-state index is 13.1. The Morgan fingerprint density at radius 1 is 0.960 bits per heavy atom. The van der Waals surface area contributed by atoms with Crippen LogP contribution in [0.15, 0.2) is 59.5 Å². The summed E-state index contributed by atoms with van der Waals surface area (Å²) in [6.45, 7) is 0.687. The minimum Gasteiger partial charge on any atom is -0.481 e. The number of nitrogen functional groups attached to an aromatic ring is 2. The van der Waals surface area contributed by atoms with Gasteiger partial charge >= 0.3 is 17.9 Å². The van der Waals surface area contributed by atoms with Crippen molar-refractivity contribution < 1.29 is 38.6 Å². The molecule has 16 heteroatoms. The van der Waals surface area contributed by atoms with E-state index in [2.05, 4.69) is 25.9 Å². The molecule has 0 radical (unpaired) electrons. The number of esters is 2. The third-order valence-corrected chi connectivity index (χ3v) is 9.28. The molecule has 1 aliphatic heterocycles. The summed E-state index contributed by atoms with van der Waals surface area (Å²) in [6, 6.07) is 13.4. The summed E-state index contributed by atoms with van der Waals surface area (Å²) in [7, 11) is 2.30. The molecular formula is C34H41N7O8S. The Morgan fingerprint density at radius 3 is 2.30 bits per heavy atom. The maximum atomic E-state index is 13.1. The number of anilines is 3. The number of fused-ring (bicyclic) bond motifs is 1. The topological polar surface area (TPSA) is 238 Å². The standard InChI is InChI=1S/C34H41N7O8S/c1-48-32(46)24(12-13-26(42)38-25(33(47)49-2)17-22(31(44)45)16-19-6-4-3-5-7-19)39-30(43)20-8-10-23(11-9-20)50-15-14-21-18-37-29-27(21)28(35)40-34(36)41-29/h3-11,21-22,24-25H,12-18H2,1-2H3,(H,38,42)(H,39,43)(H,44,45)(H5,35,36,37,40,41)/t21?,22?,24-,25-/m0/s1. The number of benzene rings is 2. The molecule has 2 unspecified atom stereocenters. The first-order chi connectivity index (χ1) is 24.0. The summed E-state index contributed by atoms with van der Waals surface area (Å²) in [6.07, 6.45) is 0.335. The van der Waals surface area contributed by atoms with Crippen LogP contribution in [0.1, 0.15) is 53.1 Å². The number of thioether (sulfide) groups is 1. The maximum Gasteiger partial charge on any atom is 0.328 e. The molecule has 50 heavy (non-hydrogen) atoms. The number of ether oxygens (including phenoxy) is 2. The van der Waals surface area contributed by atoms with Gasteiger partial charge in [-0.2, -0.15) is 9.97 Å². The first kappa shape index (κ1) is 37.4. The van der Waals surface area contributed by atoms with Gasteiger partial charge in [-0.1, -0.05) is 30.3 Å². The smallest absolute Gasteiger partial charge is 0.328 e.